The number of carboxylic acid groups (broad SMARTS) is 1. The molecule has 7 nitrogen and oxygen atoms in total. The molecule has 0 spiro atoms. The van der Waals surface area contributed by atoms with Crippen LogP contribution in [-0.4, -0.2) is 21.0 Å². The Morgan fingerprint density at radius 1 is 1.30 bits per heavy atom. The largest absolute Gasteiger partial charge is 0.477 e. The first-order valence-corrected chi connectivity index (χ1v) is 5.59. The number of nitro benzene ring substituents is 1. The topological polar surface area (TPSA) is 103 Å². The molecule has 0 aliphatic heterocycles. The number of hydrogen-bond donors (Lipinski definition) is 1. The average molecular weight is 274 g/mol. The molecule has 0 saturated carbocycles. The summed E-state index contributed by atoms with van der Waals surface area (Å²) in [5.41, 5.74) is 0.400. The Kier molecular flexibility index (Phi) is 3.60. The van der Waals surface area contributed by atoms with E-state index in [-0.39, 0.29) is 11.4 Å². The Balaban J connectivity index is 2.19. The Bertz CT molecular complexity index is 667. The Morgan fingerprint density at radius 2 is 2.00 bits per heavy atom. The number of nitrogens with zero attached hydrogens (tertiary/aromatic N) is 2. The molecule has 102 valence electrons. The van der Waals surface area contributed by atoms with Gasteiger partial charge in [-0.3, -0.25) is 10.1 Å². The molecule has 1 N–H and O–H groups in total. The second-order valence-corrected chi connectivity index (χ2v) is 3.99. The van der Waals surface area contributed by atoms with Gasteiger partial charge in [-0.05, 0) is 31.2 Å². The maximum absolute atomic E-state index is 10.7. The molecular weight excluding hydrogens is 264 g/mol. The molecule has 0 aliphatic rings. The van der Waals surface area contributed by atoms with E-state index in [1.165, 1.54) is 36.5 Å². The van der Waals surface area contributed by atoms with Gasteiger partial charge in [0.25, 0.3) is 5.69 Å². The molecule has 0 atom stereocenters. The maximum atomic E-state index is 10.7. The van der Waals surface area contributed by atoms with Crippen molar-refractivity contribution >= 4 is 11.7 Å². The van der Waals surface area contributed by atoms with E-state index in [0.717, 1.165) is 0 Å². The number of aromatic nitrogens is 1. The molecule has 0 amide bonds. The van der Waals surface area contributed by atoms with Crippen molar-refractivity contribution in [2.24, 2.45) is 0 Å². The van der Waals surface area contributed by atoms with Crippen molar-refractivity contribution in [2.75, 3.05) is 0 Å². The van der Waals surface area contributed by atoms with Crippen LogP contribution in [0.25, 0.3) is 0 Å². The first-order chi connectivity index (χ1) is 9.47. The van der Waals surface area contributed by atoms with Gasteiger partial charge in [-0.25, -0.2) is 9.78 Å². The standard InChI is InChI=1S/C13H10N2O5/c1-8-6-9(3-5-12(8)15(18)19)20-10-2-4-11(13(16)17)14-7-10/h2-7H,1H3,(H,16,17). The molecule has 2 aromatic rings. The lowest BCUT2D eigenvalue weighted by molar-refractivity contribution is -0.385. The van der Waals surface area contributed by atoms with Crippen LogP contribution in [0.15, 0.2) is 36.5 Å². The summed E-state index contributed by atoms with van der Waals surface area (Å²) in [6.07, 6.45) is 1.28. The van der Waals surface area contributed by atoms with Crippen LogP contribution < -0.4 is 4.74 Å². The summed E-state index contributed by atoms with van der Waals surface area (Å²) in [6, 6.07) is 7.13. The summed E-state index contributed by atoms with van der Waals surface area (Å²) < 4.78 is 5.45. The van der Waals surface area contributed by atoms with Crippen molar-refractivity contribution in [2.45, 2.75) is 6.92 Å². The van der Waals surface area contributed by atoms with Gasteiger partial charge in [-0.2, -0.15) is 0 Å². The fourth-order valence-electron chi connectivity index (χ4n) is 1.60. The van der Waals surface area contributed by atoms with Gasteiger partial charge in [0.05, 0.1) is 11.1 Å². The number of carboxylic acids is 1. The monoisotopic (exact) mass is 274 g/mol. The van der Waals surface area contributed by atoms with Crippen LogP contribution in [0.1, 0.15) is 16.1 Å². The molecular formula is C13H10N2O5. The summed E-state index contributed by atoms with van der Waals surface area (Å²) in [5.74, 6) is -0.357. The van der Waals surface area contributed by atoms with Gasteiger partial charge in [-0.1, -0.05) is 0 Å². The zero-order chi connectivity index (χ0) is 14.7. The van der Waals surface area contributed by atoms with Crippen molar-refractivity contribution in [1.82, 2.24) is 4.98 Å². The highest BCUT2D eigenvalue weighted by molar-refractivity contribution is 5.85. The molecule has 0 radical (unpaired) electrons. The average Bonchev–Trinajstić information content (AvgIpc) is 2.39. The first-order valence-electron chi connectivity index (χ1n) is 5.59. The highest BCUT2D eigenvalue weighted by atomic mass is 16.6. The predicted molar refractivity (Wildman–Crippen MR) is 69.1 cm³/mol. The quantitative estimate of drug-likeness (QED) is 0.679. The number of pyridine rings is 1. The summed E-state index contributed by atoms with van der Waals surface area (Å²) >= 11 is 0. The van der Waals surface area contributed by atoms with E-state index < -0.39 is 10.9 Å². The third-order valence-corrected chi connectivity index (χ3v) is 2.56. The number of aromatic carboxylic acids is 1. The minimum Gasteiger partial charge on any atom is -0.477 e. The second kappa shape index (κ2) is 5.35. The van der Waals surface area contributed by atoms with Gasteiger partial charge >= 0.3 is 5.97 Å². The van der Waals surface area contributed by atoms with Crippen LogP contribution in [0.4, 0.5) is 5.69 Å². The lowest BCUT2D eigenvalue weighted by Gasteiger charge is -2.06. The first kappa shape index (κ1) is 13.5. The third kappa shape index (κ3) is 2.89. The van der Waals surface area contributed by atoms with Gasteiger partial charge < -0.3 is 9.84 Å². The van der Waals surface area contributed by atoms with Crippen molar-refractivity contribution in [3.8, 4) is 11.5 Å². The molecule has 2 rings (SSSR count). The predicted octanol–water partition coefficient (Wildman–Crippen LogP) is 2.79. The van der Waals surface area contributed by atoms with Crippen molar-refractivity contribution < 1.29 is 19.6 Å². The van der Waals surface area contributed by atoms with E-state index >= 15 is 0 Å². The number of rotatable bonds is 4. The van der Waals surface area contributed by atoms with Crippen LogP contribution in [0.2, 0.25) is 0 Å². The fourth-order valence-corrected chi connectivity index (χ4v) is 1.60. The van der Waals surface area contributed by atoms with Gasteiger partial charge in [0.1, 0.15) is 17.2 Å². The molecule has 0 bridgehead atoms. The van der Waals surface area contributed by atoms with Crippen LogP contribution in [0.3, 0.4) is 0 Å². The summed E-state index contributed by atoms with van der Waals surface area (Å²) in [7, 11) is 0. The summed E-state index contributed by atoms with van der Waals surface area (Å²) in [4.78, 5) is 24.6. The fraction of sp³-hybridized carbons (Fsp3) is 0.0769. The van der Waals surface area contributed by atoms with Crippen LogP contribution >= 0.6 is 0 Å². The molecule has 0 saturated heterocycles. The summed E-state index contributed by atoms with van der Waals surface area (Å²) in [6.45, 7) is 1.61. The Labute approximate surface area is 113 Å². The van der Waals surface area contributed by atoms with Gasteiger partial charge in [0.15, 0.2) is 0 Å². The van der Waals surface area contributed by atoms with Crippen molar-refractivity contribution in [3.63, 3.8) is 0 Å². The lowest BCUT2D eigenvalue weighted by Crippen LogP contribution is -1.99. The highest BCUT2D eigenvalue weighted by Crippen LogP contribution is 2.26. The van der Waals surface area contributed by atoms with E-state index in [9.17, 15) is 14.9 Å². The van der Waals surface area contributed by atoms with Crippen LogP contribution in [-0.2, 0) is 0 Å². The number of carbonyl (C=O) groups is 1. The smallest absolute Gasteiger partial charge is 0.354 e. The number of ether oxygens (including phenoxy) is 1. The number of nitro groups is 1. The van der Waals surface area contributed by atoms with E-state index in [1.807, 2.05) is 0 Å². The lowest BCUT2D eigenvalue weighted by atomic mass is 10.2. The second-order valence-electron chi connectivity index (χ2n) is 3.99. The van der Waals surface area contributed by atoms with E-state index in [1.54, 1.807) is 6.92 Å². The molecule has 0 unspecified atom stereocenters. The normalized spacial score (nSPS) is 10.1. The Morgan fingerprint density at radius 3 is 2.50 bits per heavy atom. The van der Waals surface area contributed by atoms with Gasteiger partial charge in [-0.15, -0.1) is 0 Å². The maximum Gasteiger partial charge on any atom is 0.354 e. The van der Waals surface area contributed by atoms with Crippen molar-refractivity contribution in [1.29, 1.82) is 0 Å². The molecule has 0 fully saturated rings. The molecule has 1 aromatic heterocycles. The molecule has 7 heteroatoms. The van der Waals surface area contributed by atoms with E-state index in [0.29, 0.717) is 17.1 Å². The Hall–Kier alpha value is -2.96. The van der Waals surface area contributed by atoms with Gasteiger partial charge in [0, 0.05) is 11.6 Å². The SMILES string of the molecule is Cc1cc(Oc2ccc(C(=O)O)nc2)ccc1[N+](=O)[O-]. The number of aryl methyl sites for hydroxylation is 1. The minimum atomic E-state index is -1.12. The highest BCUT2D eigenvalue weighted by Gasteiger charge is 2.11. The zero-order valence-electron chi connectivity index (χ0n) is 10.4. The van der Waals surface area contributed by atoms with E-state index in [4.69, 9.17) is 9.84 Å². The zero-order valence-corrected chi connectivity index (χ0v) is 10.4. The van der Waals surface area contributed by atoms with E-state index in [2.05, 4.69) is 4.98 Å². The van der Waals surface area contributed by atoms with Gasteiger partial charge in [0.2, 0.25) is 0 Å². The molecule has 0 aliphatic carbocycles. The third-order valence-electron chi connectivity index (χ3n) is 2.56. The number of hydrogen-bond acceptors (Lipinski definition) is 5. The van der Waals surface area contributed by atoms with Crippen LogP contribution in [0.5, 0.6) is 11.5 Å². The number of benzene rings is 1. The molecule has 20 heavy (non-hydrogen) atoms. The van der Waals surface area contributed by atoms with Crippen molar-refractivity contribution in [3.05, 3.63) is 57.9 Å². The molecule has 1 aromatic carbocycles. The van der Waals surface area contributed by atoms with Crippen LogP contribution in [0, 0.1) is 17.0 Å². The minimum absolute atomic E-state index is 0.0108. The molecule has 1 heterocycles. The summed E-state index contributed by atoms with van der Waals surface area (Å²) in [5, 5.41) is 19.4.